The summed E-state index contributed by atoms with van der Waals surface area (Å²) in [4.78, 5) is 2.55. The molecule has 0 radical (unpaired) electrons. The molecule has 0 bridgehead atoms. The summed E-state index contributed by atoms with van der Waals surface area (Å²) in [5, 5.41) is 0.737. The van der Waals surface area contributed by atoms with Crippen molar-refractivity contribution < 1.29 is 22.3 Å². The minimum Gasteiger partial charge on any atom is -0.494 e. The Hall–Kier alpha value is -2.42. The van der Waals surface area contributed by atoms with Crippen LogP contribution in [0.4, 0.5) is 5.69 Å². The highest BCUT2D eigenvalue weighted by Gasteiger charge is 2.18. The standard InChI is InChI=1S/C30H44N2O5S.ClH/c1-5-8-12-29-30(27-23-24(31-38(4,33)34)13-18-28(27)37-29)36-26-16-14-25(15-17-26)35-22-11-21-32(19-9-6-2)20-10-7-3;/h13-18,23,31H,5-12,19-22H2,1-4H3;1H. The Morgan fingerprint density at radius 3 is 2.08 bits per heavy atom. The van der Waals surface area contributed by atoms with Gasteiger partial charge in [-0.3, -0.25) is 4.72 Å². The van der Waals surface area contributed by atoms with E-state index in [1.165, 1.54) is 25.7 Å². The molecule has 218 valence electrons. The Morgan fingerprint density at radius 1 is 0.846 bits per heavy atom. The third kappa shape index (κ3) is 10.9. The quantitative estimate of drug-likeness (QED) is 0.153. The Labute approximate surface area is 240 Å². The van der Waals surface area contributed by atoms with E-state index in [0.29, 0.717) is 29.4 Å². The Morgan fingerprint density at radius 2 is 1.46 bits per heavy atom. The van der Waals surface area contributed by atoms with Crippen LogP contribution in [0.2, 0.25) is 0 Å². The number of furan rings is 1. The van der Waals surface area contributed by atoms with E-state index in [-0.39, 0.29) is 12.4 Å². The zero-order valence-electron chi connectivity index (χ0n) is 23.8. The highest BCUT2D eigenvalue weighted by Crippen LogP contribution is 2.39. The molecule has 0 aliphatic heterocycles. The number of nitrogens with zero attached hydrogens (tertiary/aromatic N) is 1. The smallest absolute Gasteiger partial charge is 0.229 e. The van der Waals surface area contributed by atoms with Crippen LogP contribution in [0.5, 0.6) is 17.2 Å². The molecule has 0 saturated carbocycles. The van der Waals surface area contributed by atoms with E-state index in [1.807, 2.05) is 24.3 Å². The van der Waals surface area contributed by atoms with Crippen molar-refractivity contribution in [2.24, 2.45) is 0 Å². The summed E-state index contributed by atoms with van der Waals surface area (Å²) < 4.78 is 44.4. The molecule has 0 aliphatic rings. The number of benzene rings is 2. The second-order valence-electron chi connectivity index (χ2n) is 9.87. The van der Waals surface area contributed by atoms with Crippen LogP contribution in [0.25, 0.3) is 11.0 Å². The molecular formula is C30H45ClN2O5S. The van der Waals surface area contributed by atoms with Gasteiger partial charge in [0.05, 0.1) is 18.2 Å². The van der Waals surface area contributed by atoms with Gasteiger partial charge in [-0.1, -0.05) is 40.0 Å². The molecule has 0 atom stereocenters. The molecule has 0 spiro atoms. The Kier molecular flexibility index (Phi) is 14.0. The number of sulfonamides is 1. The molecule has 0 unspecified atom stereocenters. The van der Waals surface area contributed by atoms with Gasteiger partial charge in [-0.2, -0.15) is 0 Å². The summed E-state index contributed by atoms with van der Waals surface area (Å²) >= 11 is 0. The van der Waals surface area contributed by atoms with E-state index < -0.39 is 10.0 Å². The normalized spacial score (nSPS) is 11.5. The number of aryl methyl sites for hydroxylation is 1. The molecule has 3 rings (SSSR count). The van der Waals surface area contributed by atoms with E-state index in [9.17, 15) is 8.42 Å². The van der Waals surface area contributed by atoms with Crippen molar-refractivity contribution in [1.29, 1.82) is 0 Å². The van der Waals surface area contributed by atoms with Crippen LogP contribution in [0.15, 0.2) is 46.9 Å². The van der Waals surface area contributed by atoms with Gasteiger partial charge in [0.15, 0.2) is 5.75 Å². The maximum absolute atomic E-state index is 11.7. The molecule has 9 heteroatoms. The first-order chi connectivity index (χ1) is 18.3. The molecule has 1 N–H and O–H groups in total. The third-order valence-electron chi connectivity index (χ3n) is 6.36. The summed E-state index contributed by atoms with van der Waals surface area (Å²) in [6.45, 7) is 10.7. The first-order valence-corrected chi connectivity index (χ1v) is 15.9. The average Bonchev–Trinajstić information content (AvgIpc) is 3.22. The van der Waals surface area contributed by atoms with Gasteiger partial charge in [-0.15, -0.1) is 12.4 Å². The van der Waals surface area contributed by atoms with E-state index >= 15 is 0 Å². The molecular weight excluding hydrogens is 536 g/mol. The number of nitrogens with one attached hydrogen (secondary N) is 1. The lowest BCUT2D eigenvalue weighted by Gasteiger charge is -2.21. The van der Waals surface area contributed by atoms with Gasteiger partial charge >= 0.3 is 0 Å². The Balaban J connectivity index is 0.00000533. The van der Waals surface area contributed by atoms with Gasteiger partial charge in [0.1, 0.15) is 22.8 Å². The maximum atomic E-state index is 11.7. The van der Waals surface area contributed by atoms with Gasteiger partial charge in [0.2, 0.25) is 10.0 Å². The van der Waals surface area contributed by atoms with Crippen molar-refractivity contribution in [3.05, 3.63) is 48.2 Å². The van der Waals surface area contributed by atoms with E-state index in [1.54, 1.807) is 18.2 Å². The number of unbranched alkanes of at least 4 members (excludes halogenated alkanes) is 3. The first kappa shape index (κ1) is 32.8. The van der Waals surface area contributed by atoms with E-state index in [4.69, 9.17) is 13.9 Å². The highest BCUT2D eigenvalue weighted by molar-refractivity contribution is 7.92. The second kappa shape index (κ2) is 16.6. The summed E-state index contributed by atoms with van der Waals surface area (Å²) in [5.74, 6) is 2.87. The number of fused-ring (bicyclic) bond motifs is 1. The van der Waals surface area contributed by atoms with Crippen molar-refractivity contribution >= 4 is 39.1 Å². The third-order valence-corrected chi connectivity index (χ3v) is 6.96. The zero-order chi connectivity index (χ0) is 27.4. The average molecular weight is 581 g/mol. The fourth-order valence-corrected chi connectivity index (χ4v) is 4.87. The van der Waals surface area contributed by atoms with Gasteiger partial charge in [-0.05, 0) is 81.2 Å². The summed E-state index contributed by atoms with van der Waals surface area (Å²) in [6, 6.07) is 12.9. The largest absolute Gasteiger partial charge is 0.494 e. The summed E-state index contributed by atoms with van der Waals surface area (Å²) in [5.41, 5.74) is 1.14. The minimum absolute atomic E-state index is 0. The number of rotatable bonds is 18. The molecule has 0 amide bonds. The first-order valence-electron chi connectivity index (χ1n) is 14.0. The zero-order valence-corrected chi connectivity index (χ0v) is 25.5. The van der Waals surface area contributed by atoms with Crippen LogP contribution >= 0.6 is 12.4 Å². The van der Waals surface area contributed by atoms with E-state index in [0.717, 1.165) is 68.5 Å². The molecule has 1 aromatic heterocycles. The summed E-state index contributed by atoms with van der Waals surface area (Å²) in [6.07, 6.45) is 9.80. The van der Waals surface area contributed by atoms with Crippen LogP contribution in [-0.4, -0.2) is 45.8 Å². The maximum Gasteiger partial charge on any atom is 0.229 e. The topological polar surface area (TPSA) is 81.0 Å². The van der Waals surface area contributed by atoms with Gasteiger partial charge in [-0.25, -0.2) is 8.42 Å². The number of hydrogen-bond acceptors (Lipinski definition) is 6. The Bertz CT molecular complexity index is 1220. The second-order valence-corrected chi connectivity index (χ2v) is 11.6. The lowest BCUT2D eigenvalue weighted by atomic mass is 10.1. The summed E-state index contributed by atoms with van der Waals surface area (Å²) in [7, 11) is -3.39. The van der Waals surface area contributed by atoms with Crippen molar-refractivity contribution in [2.45, 2.75) is 72.1 Å². The van der Waals surface area contributed by atoms with Crippen LogP contribution in [0, 0.1) is 0 Å². The predicted molar refractivity (Wildman–Crippen MR) is 163 cm³/mol. The van der Waals surface area contributed by atoms with Crippen molar-refractivity contribution in [3.8, 4) is 17.2 Å². The fraction of sp³-hybridized carbons (Fsp3) is 0.533. The number of hydrogen-bond donors (Lipinski definition) is 1. The van der Waals surface area contributed by atoms with Gasteiger partial charge in [0.25, 0.3) is 0 Å². The van der Waals surface area contributed by atoms with E-state index in [2.05, 4.69) is 30.4 Å². The number of ether oxygens (including phenoxy) is 2. The lowest BCUT2D eigenvalue weighted by Crippen LogP contribution is -2.28. The monoisotopic (exact) mass is 580 g/mol. The van der Waals surface area contributed by atoms with Crippen LogP contribution < -0.4 is 14.2 Å². The molecule has 39 heavy (non-hydrogen) atoms. The molecule has 2 aromatic carbocycles. The van der Waals surface area contributed by atoms with Crippen LogP contribution in [0.1, 0.15) is 71.5 Å². The molecule has 1 heterocycles. The number of halogens is 1. The fourth-order valence-electron chi connectivity index (χ4n) is 4.32. The highest BCUT2D eigenvalue weighted by atomic mass is 35.5. The lowest BCUT2D eigenvalue weighted by molar-refractivity contribution is 0.229. The van der Waals surface area contributed by atoms with Crippen molar-refractivity contribution in [2.75, 3.05) is 37.2 Å². The van der Waals surface area contributed by atoms with Gasteiger partial charge < -0.3 is 18.8 Å². The van der Waals surface area contributed by atoms with Crippen LogP contribution in [-0.2, 0) is 16.4 Å². The van der Waals surface area contributed by atoms with Crippen molar-refractivity contribution in [3.63, 3.8) is 0 Å². The molecule has 7 nitrogen and oxygen atoms in total. The molecule has 3 aromatic rings. The van der Waals surface area contributed by atoms with Crippen LogP contribution in [0.3, 0.4) is 0 Å². The molecule has 0 saturated heterocycles. The minimum atomic E-state index is -3.39. The predicted octanol–water partition coefficient (Wildman–Crippen LogP) is 8.03. The van der Waals surface area contributed by atoms with Gasteiger partial charge in [0, 0.05) is 18.7 Å². The molecule has 0 fully saturated rings. The molecule has 0 aliphatic carbocycles. The number of anilines is 1. The SMILES string of the molecule is CCCCc1oc2ccc(NS(C)(=O)=O)cc2c1Oc1ccc(OCCCN(CCCC)CCCC)cc1.Cl. The van der Waals surface area contributed by atoms with Crippen molar-refractivity contribution in [1.82, 2.24) is 4.90 Å².